The van der Waals surface area contributed by atoms with Crippen LogP contribution in [0.5, 0.6) is 0 Å². The lowest BCUT2D eigenvalue weighted by Crippen LogP contribution is -2.31. The van der Waals surface area contributed by atoms with Gasteiger partial charge in [0.05, 0.1) is 4.90 Å². The van der Waals surface area contributed by atoms with Crippen LogP contribution in [-0.4, -0.2) is 26.0 Å². The van der Waals surface area contributed by atoms with Gasteiger partial charge in [0.1, 0.15) is 0 Å². The lowest BCUT2D eigenvalue weighted by Gasteiger charge is -2.18. The number of aliphatic carboxylic acids is 1. The van der Waals surface area contributed by atoms with Gasteiger partial charge in [-0.3, -0.25) is 4.79 Å². The fourth-order valence-electron chi connectivity index (χ4n) is 2.10. The van der Waals surface area contributed by atoms with Crippen LogP contribution in [0.2, 0.25) is 0 Å². The molecule has 1 aromatic rings. The van der Waals surface area contributed by atoms with Gasteiger partial charge in [-0.25, -0.2) is 13.1 Å². The molecular formula is C14H20BrNO4S. The zero-order valence-corrected chi connectivity index (χ0v) is 14.4. The monoisotopic (exact) mass is 377 g/mol. The third-order valence-corrected chi connectivity index (χ3v) is 4.85. The molecule has 0 saturated heterocycles. The first-order valence-corrected chi connectivity index (χ1v) is 8.95. The number of sulfonamides is 1. The van der Waals surface area contributed by atoms with E-state index in [0.29, 0.717) is 16.8 Å². The van der Waals surface area contributed by atoms with E-state index in [1.807, 2.05) is 13.8 Å². The SMILES string of the molecule is CC(C)C[C@H](CNS(=O)(=O)c1cccc(Br)c1)CC(=O)O. The summed E-state index contributed by atoms with van der Waals surface area (Å²) < 4.78 is 27.5. The Bertz CT molecular complexity index is 586. The van der Waals surface area contributed by atoms with Crippen molar-refractivity contribution in [2.45, 2.75) is 31.6 Å². The van der Waals surface area contributed by atoms with E-state index in [0.717, 1.165) is 0 Å². The molecule has 0 heterocycles. The second-order valence-electron chi connectivity index (χ2n) is 5.40. The van der Waals surface area contributed by atoms with Gasteiger partial charge in [0, 0.05) is 17.4 Å². The van der Waals surface area contributed by atoms with Crippen LogP contribution in [0.1, 0.15) is 26.7 Å². The molecule has 118 valence electrons. The Morgan fingerprint density at radius 2 is 2.05 bits per heavy atom. The average molecular weight is 378 g/mol. The summed E-state index contributed by atoms with van der Waals surface area (Å²) in [6.45, 7) is 4.09. The summed E-state index contributed by atoms with van der Waals surface area (Å²) in [5.41, 5.74) is 0. The Morgan fingerprint density at radius 1 is 1.38 bits per heavy atom. The number of rotatable bonds is 8. The number of nitrogens with one attached hydrogen (secondary N) is 1. The predicted molar refractivity (Wildman–Crippen MR) is 84.5 cm³/mol. The van der Waals surface area contributed by atoms with Crippen molar-refractivity contribution in [1.82, 2.24) is 4.72 Å². The molecule has 0 bridgehead atoms. The van der Waals surface area contributed by atoms with E-state index in [-0.39, 0.29) is 23.8 Å². The summed E-state index contributed by atoms with van der Waals surface area (Å²) in [6, 6.07) is 6.39. The maximum Gasteiger partial charge on any atom is 0.303 e. The molecule has 0 saturated carbocycles. The molecule has 1 atom stereocenters. The first-order valence-electron chi connectivity index (χ1n) is 6.67. The molecule has 0 aliphatic carbocycles. The van der Waals surface area contributed by atoms with E-state index in [2.05, 4.69) is 20.7 Å². The first kappa shape index (κ1) is 18.1. The van der Waals surface area contributed by atoms with E-state index in [1.165, 1.54) is 12.1 Å². The molecule has 0 fully saturated rings. The molecule has 2 N–H and O–H groups in total. The van der Waals surface area contributed by atoms with Crippen LogP contribution in [0.4, 0.5) is 0 Å². The van der Waals surface area contributed by atoms with Crippen molar-refractivity contribution in [2.75, 3.05) is 6.54 Å². The smallest absolute Gasteiger partial charge is 0.303 e. The number of carboxylic acid groups (broad SMARTS) is 1. The molecule has 0 aromatic heterocycles. The quantitative estimate of drug-likeness (QED) is 0.729. The van der Waals surface area contributed by atoms with Crippen LogP contribution in [0.25, 0.3) is 0 Å². The molecule has 0 unspecified atom stereocenters. The van der Waals surface area contributed by atoms with Gasteiger partial charge >= 0.3 is 5.97 Å². The van der Waals surface area contributed by atoms with Crippen molar-refractivity contribution in [3.63, 3.8) is 0 Å². The number of carbonyl (C=O) groups is 1. The van der Waals surface area contributed by atoms with Gasteiger partial charge in [0.25, 0.3) is 0 Å². The fraction of sp³-hybridized carbons (Fsp3) is 0.500. The number of hydrogen-bond donors (Lipinski definition) is 2. The van der Waals surface area contributed by atoms with Gasteiger partial charge in [0.2, 0.25) is 10.0 Å². The van der Waals surface area contributed by atoms with Crippen molar-refractivity contribution in [3.8, 4) is 0 Å². The Balaban J connectivity index is 2.75. The zero-order chi connectivity index (χ0) is 16.0. The van der Waals surface area contributed by atoms with E-state index >= 15 is 0 Å². The van der Waals surface area contributed by atoms with Crippen LogP contribution in [0.15, 0.2) is 33.6 Å². The van der Waals surface area contributed by atoms with Gasteiger partial charge in [-0.05, 0) is 36.5 Å². The zero-order valence-electron chi connectivity index (χ0n) is 12.0. The van der Waals surface area contributed by atoms with E-state index in [4.69, 9.17) is 5.11 Å². The number of halogens is 1. The van der Waals surface area contributed by atoms with E-state index in [9.17, 15) is 13.2 Å². The summed E-state index contributed by atoms with van der Waals surface area (Å²) in [5, 5.41) is 8.90. The highest BCUT2D eigenvalue weighted by Gasteiger charge is 2.20. The normalized spacial score (nSPS) is 13.3. The molecule has 0 aliphatic heterocycles. The van der Waals surface area contributed by atoms with Crippen LogP contribution < -0.4 is 4.72 Å². The Morgan fingerprint density at radius 3 is 2.57 bits per heavy atom. The van der Waals surface area contributed by atoms with Crippen LogP contribution in [0.3, 0.4) is 0 Å². The number of carboxylic acids is 1. The highest BCUT2D eigenvalue weighted by molar-refractivity contribution is 9.10. The van der Waals surface area contributed by atoms with Gasteiger partial charge in [-0.1, -0.05) is 35.8 Å². The molecule has 0 spiro atoms. The Kier molecular flexibility index (Phi) is 6.83. The highest BCUT2D eigenvalue weighted by atomic mass is 79.9. The highest BCUT2D eigenvalue weighted by Crippen LogP contribution is 2.18. The first-order chi connectivity index (χ1) is 9.70. The Labute approximate surface area is 133 Å². The molecular weight excluding hydrogens is 358 g/mol. The van der Waals surface area contributed by atoms with Crippen LogP contribution >= 0.6 is 15.9 Å². The topological polar surface area (TPSA) is 83.5 Å². The average Bonchev–Trinajstić information content (AvgIpc) is 2.35. The van der Waals surface area contributed by atoms with Gasteiger partial charge in [-0.2, -0.15) is 0 Å². The van der Waals surface area contributed by atoms with E-state index in [1.54, 1.807) is 12.1 Å². The molecule has 0 aliphatic rings. The van der Waals surface area contributed by atoms with Crippen molar-refractivity contribution in [3.05, 3.63) is 28.7 Å². The van der Waals surface area contributed by atoms with Crippen molar-refractivity contribution in [1.29, 1.82) is 0 Å². The summed E-state index contributed by atoms with van der Waals surface area (Å²) in [4.78, 5) is 11.0. The molecule has 7 heteroatoms. The maximum atomic E-state index is 12.2. The largest absolute Gasteiger partial charge is 0.481 e. The minimum Gasteiger partial charge on any atom is -0.481 e. The van der Waals surface area contributed by atoms with Crippen molar-refractivity contribution < 1.29 is 18.3 Å². The number of benzene rings is 1. The van der Waals surface area contributed by atoms with Crippen molar-refractivity contribution in [2.24, 2.45) is 11.8 Å². The second-order valence-corrected chi connectivity index (χ2v) is 8.09. The molecule has 1 aromatic carbocycles. The minimum absolute atomic E-state index is 0.0425. The minimum atomic E-state index is -3.62. The van der Waals surface area contributed by atoms with E-state index < -0.39 is 16.0 Å². The Hall–Kier alpha value is -0.920. The second kappa shape index (κ2) is 7.91. The third-order valence-electron chi connectivity index (χ3n) is 2.94. The summed E-state index contributed by atoms with van der Waals surface area (Å²) in [7, 11) is -3.62. The standard InChI is InChI=1S/C14H20BrNO4S/c1-10(2)6-11(7-14(17)18)9-16-21(19,20)13-5-3-4-12(15)8-13/h3-5,8,10-11,16H,6-7,9H2,1-2H3,(H,17,18)/t11-/m0/s1. The van der Waals surface area contributed by atoms with Crippen molar-refractivity contribution >= 4 is 31.9 Å². The lowest BCUT2D eigenvalue weighted by molar-refractivity contribution is -0.138. The van der Waals surface area contributed by atoms with Gasteiger partial charge in [0.15, 0.2) is 0 Å². The summed E-state index contributed by atoms with van der Waals surface area (Å²) in [5.74, 6) is -0.823. The maximum absolute atomic E-state index is 12.2. The summed E-state index contributed by atoms with van der Waals surface area (Å²) in [6.07, 6.45) is 0.618. The molecule has 0 amide bonds. The predicted octanol–water partition coefficient (Wildman–Crippen LogP) is 2.86. The van der Waals surface area contributed by atoms with Crippen LogP contribution in [0, 0.1) is 11.8 Å². The number of hydrogen-bond acceptors (Lipinski definition) is 3. The van der Waals surface area contributed by atoms with Crippen LogP contribution in [-0.2, 0) is 14.8 Å². The molecule has 1 rings (SSSR count). The lowest BCUT2D eigenvalue weighted by atomic mass is 9.94. The van der Waals surface area contributed by atoms with Gasteiger partial charge in [-0.15, -0.1) is 0 Å². The third kappa shape index (κ3) is 6.58. The molecule has 5 nitrogen and oxygen atoms in total. The fourth-order valence-corrected chi connectivity index (χ4v) is 3.81. The summed E-state index contributed by atoms with van der Waals surface area (Å²) >= 11 is 3.23. The molecule has 0 radical (unpaired) electrons. The molecule has 21 heavy (non-hydrogen) atoms. The van der Waals surface area contributed by atoms with Gasteiger partial charge < -0.3 is 5.11 Å².